The van der Waals surface area contributed by atoms with Crippen LogP contribution in [0.25, 0.3) is 0 Å². The van der Waals surface area contributed by atoms with Crippen LogP contribution in [-0.4, -0.2) is 72.3 Å². The van der Waals surface area contributed by atoms with E-state index in [0.29, 0.717) is 0 Å². The van der Waals surface area contributed by atoms with Gasteiger partial charge in [-0.1, -0.05) is 152 Å². The summed E-state index contributed by atoms with van der Waals surface area (Å²) in [5.41, 5.74) is 4.38. The van der Waals surface area contributed by atoms with Crippen molar-refractivity contribution >= 4 is 19.5 Å². The average Bonchev–Trinajstić information content (AvgIpc) is 3.28. The molecule has 1 N–H and O–H groups in total. The predicted molar refractivity (Wildman–Crippen MR) is 231 cm³/mol. The first-order valence-corrected chi connectivity index (χ1v) is 22.5. The first-order valence-electron chi connectivity index (χ1n) is 20.7. The van der Waals surface area contributed by atoms with Crippen molar-refractivity contribution in [2.45, 2.75) is 96.0 Å². The summed E-state index contributed by atoms with van der Waals surface area (Å²) in [6.07, 6.45) is -7.77. The quantitative estimate of drug-likeness (QED) is 0.0497. The van der Waals surface area contributed by atoms with Crippen LogP contribution in [0.2, 0.25) is 0 Å². The normalized spacial score (nSPS) is 21.3. The Labute approximate surface area is 363 Å². The van der Waals surface area contributed by atoms with Crippen LogP contribution in [0.5, 0.6) is 0 Å². The molecule has 5 aromatic carbocycles. The van der Waals surface area contributed by atoms with Gasteiger partial charge in [-0.2, -0.15) is 0 Å². The summed E-state index contributed by atoms with van der Waals surface area (Å²) in [5, 5.41) is 0. The molecule has 0 heterocycles. The van der Waals surface area contributed by atoms with Crippen molar-refractivity contribution in [3.05, 3.63) is 179 Å². The second-order valence-electron chi connectivity index (χ2n) is 15.1. The smallest absolute Gasteiger partial charge is 0.328 e. The average molecular weight is 867 g/mol. The molecule has 13 heteroatoms. The molecule has 1 fully saturated rings. The third kappa shape index (κ3) is 14.8. The summed E-state index contributed by atoms with van der Waals surface area (Å²) in [5.74, 6) is -1.22. The molecule has 8 atom stereocenters. The van der Waals surface area contributed by atoms with Gasteiger partial charge in [0.15, 0.2) is 0 Å². The topological polar surface area (TPSA) is 145 Å². The zero-order valence-corrected chi connectivity index (χ0v) is 35.9. The van der Waals surface area contributed by atoms with Crippen LogP contribution >= 0.6 is 7.60 Å². The van der Waals surface area contributed by atoms with Gasteiger partial charge >= 0.3 is 19.5 Å². The fraction of sp³-hybridized carbons (Fsp3) is 0.347. The minimum atomic E-state index is -4.61. The Morgan fingerprint density at radius 1 is 0.484 bits per heavy atom. The lowest BCUT2D eigenvalue weighted by atomic mass is 9.83. The Balaban J connectivity index is 1.43. The highest BCUT2D eigenvalue weighted by atomic mass is 31.2. The lowest BCUT2D eigenvalue weighted by molar-refractivity contribution is -0.279. The Bertz CT molecular complexity index is 2010. The fourth-order valence-corrected chi connectivity index (χ4v) is 8.53. The number of carbonyl (C=O) groups excluding carboxylic acids is 2. The van der Waals surface area contributed by atoms with E-state index in [1.165, 1.54) is 13.8 Å². The van der Waals surface area contributed by atoms with Crippen molar-refractivity contribution in [2.75, 3.05) is 12.8 Å². The van der Waals surface area contributed by atoms with Gasteiger partial charge in [0.25, 0.3) is 0 Å². The highest BCUT2D eigenvalue weighted by Gasteiger charge is 2.56. The lowest BCUT2D eigenvalue weighted by Gasteiger charge is -2.50. The van der Waals surface area contributed by atoms with Gasteiger partial charge in [-0.15, -0.1) is 0 Å². The molecule has 0 amide bonds. The van der Waals surface area contributed by atoms with E-state index in [2.05, 4.69) is 0 Å². The minimum absolute atomic E-state index is 0.0928. The Kier molecular flexibility index (Phi) is 18.0. The molecule has 0 bridgehead atoms. The van der Waals surface area contributed by atoms with Crippen LogP contribution < -0.4 is 0 Å². The zero-order valence-electron chi connectivity index (χ0n) is 35.0. The van der Waals surface area contributed by atoms with Crippen molar-refractivity contribution in [2.24, 2.45) is 0 Å². The van der Waals surface area contributed by atoms with E-state index in [1.54, 1.807) is 0 Å². The summed E-state index contributed by atoms with van der Waals surface area (Å²) in [6.45, 7) is 2.80. The number of ether oxygens (including phenoxy) is 7. The SMILES string of the molecule is CC(=O)OCC(CCP(=O)(O)O[C@@H]1[C@@H](OCc2ccccc2)[C@H](OCc2ccccc2)[C@@H](OCc2ccccc2)[C@H](OCc2ccccc2)[C@@H]1OCc1ccccc1)OC(C)=O. The molecule has 328 valence electrons. The van der Waals surface area contributed by atoms with Crippen molar-refractivity contribution in [1.82, 2.24) is 0 Å². The van der Waals surface area contributed by atoms with Gasteiger partial charge in [0, 0.05) is 13.8 Å². The molecule has 5 aromatic rings. The first-order chi connectivity index (χ1) is 30.1. The summed E-state index contributed by atoms with van der Waals surface area (Å²) in [7, 11) is -4.61. The van der Waals surface area contributed by atoms with Crippen LogP contribution in [0.15, 0.2) is 152 Å². The van der Waals surface area contributed by atoms with Gasteiger partial charge in [0.05, 0.1) is 39.2 Å². The van der Waals surface area contributed by atoms with Crippen molar-refractivity contribution in [1.29, 1.82) is 0 Å². The Morgan fingerprint density at radius 3 is 1.05 bits per heavy atom. The van der Waals surface area contributed by atoms with Crippen LogP contribution in [0.3, 0.4) is 0 Å². The van der Waals surface area contributed by atoms with Crippen LogP contribution in [0.4, 0.5) is 0 Å². The summed E-state index contributed by atoms with van der Waals surface area (Å²) in [6, 6.07) is 48.2. The molecule has 1 aliphatic carbocycles. The molecule has 0 aliphatic heterocycles. The van der Waals surface area contributed by atoms with Crippen LogP contribution in [0.1, 0.15) is 48.1 Å². The third-order valence-corrected chi connectivity index (χ3v) is 11.6. The van der Waals surface area contributed by atoms with Crippen molar-refractivity contribution in [3.63, 3.8) is 0 Å². The van der Waals surface area contributed by atoms with Crippen molar-refractivity contribution < 1.29 is 56.7 Å². The molecule has 0 saturated heterocycles. The largest absolute Gasteiger partial charge is 0.462 e. The molecule has 2 unspecified atom stereocenters. The maximum atomic E-state index is 14.5. The van der Waals surface area contributed by atoms with Gasteiger partial charge in [0.2, 0.25) is 0 Å². The highest BCUT2D eigenvalue weighted by Crippen LogP contribution is 2.49. The number of benzene rings is 5. The number of carbonyl (C=O) groups is 2. The van der Waals surface area contributed by atoms with E-state index in [4.69, 9.17) is 37.7 Å². The van der Waals surface area contributed by atoms with E-state index in [-0.39, 0.29) is 46.1 Å². The Morgan fingerprint density at radius 2 is 0.774 bits per heavy atom. The van der Waals surface area contributed by atoms with Crippen LogP contribution in [0, 0.1) is 0 Å². The van der Waals surface area contributed by atoms with Gasteiger partial charge in [0.1, 0.15) is 49.3 Å². The maximum Gasteiger partial charge on any atom is 0.328 e. The second-order valence-corrected chi connectivity index (χ2v) is 17.0. The molecule has 62 heavy (non-hydrogen) atoms. The minimum Gasteiger partial charge on any atom is -0.462 e. The molecule has 0 radical (unpaired) electrons. The number of hydrogen-bond donors (Lipinski definition) is 1. The van der Waals surface area contributed by atoms with E-state index in [0.717, 1.165) is 27.8 Å². The van der Waals surface area contributed by atoms with Gasteiger partial charge < -0.3 is 38.1 Å². The number of rotatable bonds is 23. The monoisotopic (exact) mass is 866 g/mol. The third-order valence-electron chi connectivity index (χ3n) is 10.2. The first kappa shape index (κ1) is 46.5. The van der Waals surface area contributed by atoms with E-state index >= 15 is 0 Å². The standard InChI is InChI=1S/C49H55O12P/c1-36(50)54-35-43(60-37(2)51)28-29-62(52,53)61-49-47(58-33-41-24-14-6-15-25-41)45(56-31-39-20-10-4-11-21-39)44(55-30-38-18-8-3-9-19-38)46(57-32-40-22-12-5-13-23-40)48(49)59-34-42-26-16-7-17-27-42/h3-27,43-49H,28-35H2,1-2H3,(H,52,53)/t43?,44-,45-,46+,47-,48-,49-/m0/s1. The van der Waals surface area contributed by atoms with Crippen LogP contribution in [-0.2, 0) is 84.9 Å². The number of hydrogen-bond acceptors (Lipinski definition) is 11. The van der Waals surface area contributed by atoms with E-state index in [1.807, 2.05) is 152 Å². The van der Waals surface area contributed by atoms with Gasteiger partial charge in [-0.3, -0.25) is 18.7 Å². The maximum absolute atomic E-state index is 14.5. The number of esters is 2. The Hall–Kier alpha value is -5.01. The summed E-state index contributed by atoms with van der Waals surface area (Å²) < 4.78 is 65.6. The molecule has 0 spiro atoms. The second kappa shape index (κ2) is 24.0. The van der Waals surface area contributed by atoms with Crippen molar-refractivity contribution in [3.8, 4) is 0 Å². The van der Waals surface area contributed by atoms with Gasteiger partial charge in [-0.25, -0.2) is 0 Å². The van der Waals surface area contributed by atoms with E-state index < -0.39 is 68.4 Å². The molecule has 12 nitrogen and oxygen atoms in total. The molecular formula is C49H55O12P. The molecular weight excluding hydrogens is 812 g/mol. The summed E-state index contributed by atoms with van der Waals surface area (Å²) >= 11 is 0. The van der Waals surface area contributed by atoms with Gasteiger partial charge in [-0.05, 0) is 34.2 Å². The van der Waals surface area contributed by atoms with E-state index in [9.17, 15) is 19.0 Å². The highest BCUT2D eigenvalue weighted by molar-refractivity contribution is 7.52. The summed E-state index contributed by atoms with van der Waals surface area (Å²) in [4.78, 5) is 35.4. The molecule has 1 aliphatic rings. The fourth-order valence-electron chi connectivity index (χ4n) is 7.19. The molecule has 0 aromatic heterocycles. The molecule has 1 saturated carbocycles. The molecule has 6 rings (SSSR count). The zero-order chi connectivity index (χ0) is 43.6. The lowest BCUT2D eigenvalue weighted by Crippen LogP contribution is -2.67. The predicted octanol–water partition coefficient (Wildman–Crippen LogP) is 8.38.